The standard InChI is InChI=1S/C23H31F3N6S/c1-16(2)12-32(14-17-11-29-30(3)13-17)18-5-4-7-31(8-6-18)21-20-9-19(10-23(24,25)26)33-22(20)28-15-27-21/h9,11,13,15-16,18H,4-8,10,12,14H2,1-3H3/t18-/m0/s1. The molecule has 33 heavy (non-hydrogen) atoms. The summed E-state index contributed by atoms with van der Waals surface area (Å²) in [6, 6.07) is 2.07. The molecule has 0 saturated carbocycles. The predicted molar refractivity (Wildman–Crippen MR) is 125 cm³/mol. The molecule has 0 unspecified atom stereocenters. The van der Waals surface area contributed by atoms with Crippen LogP contribution in [0.25, 0.3) is 10.2 Å². The molecule has 3 aromatic heterocycles. The largest absolute Gasteiger partial charge is 0.393 e. The number of aryl methyl sites for hydroxylation is 1. The number of hydrogen-bond donors (Lipinski definition) is 0. The summed E-state index contributed by atoms with van der Waals surface area (Å²) in [6.07, 6.45) is 3.41. The van der Waals surface area contributed by atoms with E-state index < -0.39 is 12.6 Å². The molecule has 0 N–H and O–H groups in total. The molecule has 4 rings (SSSR count). The number of hydrogen-bond acceptors (Lipinski definition) is 6. The summed E-state index contributed by atoms with van der Waals surface area (Å²) in [6.45, 7) is 8.04. The first-order chi connectivity index (χ1) is 15.7. The minimum atomic E-state index is -4.22. The number of anilines is 1. The van der Waals surface area contributed by atoms with Gasteiger partial charge in [-0.3, -0.25) is 9.58 Å². The van der Waals surface area contributed by atoms with E-state index in [1.807, 2.05) is 17.9 Å². The summed E-state index contributed by atoms with van der Waals surface area (Å²) < 4.78 is 40.5. The average molecular weight is 481 g/mol. The number of fused-ring (bicyclic) bond motifs is 1. The van der Waals surface area contributed by atoms with Crippen molar-refractivity contribution < 1.29 is 13.2 Å². The monoisotopic (exact) mass is 480 g/mol. The highest BCUT2D eigenvalue weighted by Gasteiger charge is 2.30. The minimum absolute atomic E-state index is 0.284. The molecule has 0 aliphatic carbocycles. The van der Waals surface area contributed by atoms with Gasteiger partial charge < -0.3 is 4.90 Å². The molecule has 0 radical (unpaired) electrons. The molecule has 0 aromatic carbocycles. The fourth-order valence-electron chi connectivity index (χ4n) is 4.69. The van der Waals surface area contributed by atoms with Gasteiger partial charge in [0.15, 0.2) is 0 Å². The number of alkyl halides is 3. The topological polar surface area (TPSA) is 50.1 Å². The molecule has 3 aromatic rings. The van der Waals surface area contributed by atoms with Crippen LogP contribution in [0.5, 0.6) is 0 Å². The number of nitrogens with zero attached hydrogens (tertiary/aromatic N) is 6. The Morgan fingerprint density at radius 3 is 2.73 bits per heavy atom. The molecule has 0 spiro atoms. The van der Waals surface area contributed by atoms with Gasteiger partial charge in [0.1, 0.15) is 17.0 Å². The maximum Gasteiger partial charge on any atom is 0.393 e. The normalized spacial score (nSPS) is 17.9. The molecule has 0 amide bonds. The Balaban J connectivity index is 1.50. The van der Waals surface area contributed by atoms with Gasteiger partial charge in [0.2, 0.25) is 0 Å². The second-order valence-electron chi connectivity index (χ2n) is 9.34. The zero-order valence-electron chi connectivity index (χ0n) is 19.3. The summed E-state index contributed by atoms with van der Waals surface area (Å²) in [7, 11) is 1.94. The smallest absolute Gasteiger partial charge is 0.356 e. The van der Waals surface area contributed by atoms with Crippen molar-refractivity contribution >= 4 is 27.4 Å². The number of thiophene rings is 1. The zero-order valence-corrected chi connectivity index (χ0v) is 20.2. The van der Waals surface area contributed by atoms with Crippen molar-refractivity contribution in [1.29, 1.82) is 0 Å². The van der Waals surface area contributed by atoms with Crippen LogP contribution in [-0.4, -0.2) is 56.5 Å². The van der Waals surface area contributed by atoms with Crippen LogP contribution in [0.2, 0.25) is 0 Å². The molecule has 1 aliphatic heterocycles. The number of rotatable bonds is 7. The molecular formula is C23H31F3N6S. The highest BCUT2D eigenvalue weighted by atomic mass is 32.1. The SMILES string of the molecule is CC(C)CN(Cc1cnn(C)c1)[C@H]1CCCN(c2ncnc3sc(CC(F)(F)F)cc23)CC1. The lowest BCUT2D eigenvalue weighted by Gasteiger charge is -2.32. The maximum atomic E-state index is 12.9. The van der Waals surface area contributed by atoms with Gasteiger partial charge in [-0.1, -0.05) is 13.8 Å². The van der Waals surface area contributed by atoms with E-state index in [0.717, 1.165) is 68.0 Å². The first-order valence-electron chi connectivity index (χ1n) is 11.4. The molecule has 6 nitrogen and oxygen atoms in total. The minimum Gasteiger partial charge on any atom is -0.356 e. The molecular weight excluding hydrogens is 449 g/mol. The first kappa shape index (κ1) is 23.9. The number of aromatic nitrogens is 4. The number of halogens is 3. The van der Waals surface area contributed by atoms with E-state index in [1.165, 1.54) is 11.9 Å². The lowest BCUT2D eigenvalue weighted by atomic mass is 10.0. The van der Waals surface area contributed by atoms with E-state index in [1.54, 1.807) is 6.07 Å². The van der Waals surface area contributed by atoms with Crippen molar-refractivity contribution in [3.63, 3.8) is 0 Å². The van der Waals surface area contributed by atoms with Crippen LogP contribution >= 0.6 is 11.3 Å². The van der Waals surface area contributed by atoms with E-state index in [-0.39, 0.29) is 4.88 Å². The highest BCUT2D eigenvalue weighted by molar-refractivity contribution is 7.18. The molecule has 1 atom stereocenters. The summed E-state index contributed by atoms with van der Waals surface area (Å²) >= 11 is 1.11. The van der Waals surface area contributed by atoms with Gasteiger partial charge in [0, 0.05) is 55.9 Å². The predicted octanol–water partition coefficient (Wildman–Crippen LogP) is 5.05. The van der Waals surface area contributed by atoms with Crippen LogP contribution in [-0.2, 0) is 20.0 Å². The Labute approximate surface area is 196 Å². The van der Waals surface area contributed by atoms with Crippen LogP contribution in [0.3, 0.4) is 0 Å². The Kier molecular flexibility index (Phi) is 7.23. The van der Waals surface area contributed by atoms with Gasteiger partial charge in [-0.25, -0.2) is 9.97 Å². The third-order valence-electron chi connectivity index (χ3n) is 5.99. The fourth-order valence-corrected chi connectivity index (χ4v) is 5.71. The summed E-state index contributed by atoms with van der Waals surface area (Å²) in [5.74, 6) is 1.31. The van der Waals surface area contributed by atoms with Crippen molar-refractivity contribution in [2.75, 3.05) is 24.5 Å². The Morgan fingerprint density at radius 1 is 1.21 bits per heavy atom. The molecule has 4 heterocycles. The quantitative estimate of drug-likeness (QED) is 0.474. The van der Waals surface area contributed by atoms with Crippen molar-refractivity contribution in [1.82, 2.24) is 24.6 Å². The Morgan fingerprint density at radius 2 is 2.03 bits per heavy atom. The Bertz CT molecular complexity index is 1060. The van der Waals surface area contributed by atoms with Crippen molar-refractivity contribution in [3.8, 4) is 0 Å². The van der Waals surface area contributed by atoms with Gasteiger partial charge in [-0.2, -0.15) is 18.3 Å². The molecule has 0 bridgehead atoms. The average Bonchev–Trinajstić information content (AvgIpc) is 3.22. The van der Waals surface area contributed by atoms with E-state index in [9.17, 15) is 13.2 Å². The van der Waals surface area contributed by atoms with E-state index in [4.69, 9.17) is 0 Å². The van der Waals surface area contributed by atoms with Crippen LogP contribution in [0, 0.1) is 5.92 Å². The van der Waals surface area contributed by atoms with Gasteiger partial charge in [0.05, 0.1) is 18.0 Å². The zero-order chi connectivity index (χ0) is 23.6. The van der Waals surface area contributed by atoms with Crippen LogP contribution in [0.15, 0.2) is 24.8 Å². The summed E-state index contributed by atoms with van der Waals surface area (Å²) in [4.78, 5) is 14.4. The molecule has 1 aliphatic rings. The van der Waals surface area contributed by atoms with Gasteiger partial charge >= 0.3 is 6.18 Å². The first-order valence-corrected chi connectivity index (χ1v) is 12.3. The summed E-state index contributed by atoms with van der Waals surface area (Å²) in [5, 5.41) is 5.05. The fraction of sp³-hybridized carbons (Fsp3) is 0.609. The van der Waals surface area contributed by atoms with Gasteiger partial charge in [0.25, 0.3) is 0 Å². The maximum absolute atomic E-state index is 12.9. The van der Waals surface area contributed by atoms with E-state index >= 15 is 0 Å². The second kappa shape index (κ2) is 9.97. The van der Waals surface area contributed by atoms with Crippen molar-refractivity contribution in [2.24, 2.45) is 13.0 Å². The van der Waals surface area contributed by atoms with Crippen LogP contribution in [0.1, 0.15) is 43.6 Å². The summed E-state index contributed by atoms with van der Waals surface area (Å²) in [5.41, 5.74) is 1.22. The molecule has 180 valence electrons. The van der Waals surface area contributed by atoms with Gasteiger partial charge in [-0.15, -0.1) is 11.3 Å². The third kappa shape index (κ3) is 6.23. The Hall–Kier alpha value is -2.20. The van der Waals surface area contributed by atoms with Gasteiger partial charge in [-0.05, 0) is 31.2 Å². The van der Waals surface area contributed by atoms with Crippen molar-refractivity contribution in [2.45, 2.75) is 58.3 Å². The van der Waals surface area contributed by atoms with Crippen molar-refractivity contribution in [3.05, 3.63) is 35.2 Å². The van der Waals surface area contributed by atoms with E-state index in [2.05, 4.69) is 44.9 Å². The third-order valence-corrected chi connectivity index (χ3v) is 7.03. The van der Waals surface area contributed by atoms with Crippen LogP contribution < -0.4 is 4.90 Å². The second-order valence-corrected chi connectivity index (χ2v) is 10.5. The molecule has 10 heteroatoms. The lowest BCUT2D eigenvalue weighted by Crippen LogP contribution is -2.38. The lowest BCUT2D eigenvalue weighted by molar-refractivity contribution is -0.126. The van der Waals surface area contributed by atoms with E-state index in [0.29, 0.717) is 16.8 Å². The molecule has 1 saturated heterocycles. The molecule has 1 fully saturated rings. The highest BCUT2D eigenvalue weighted by Crippen LogP contribution is 2.34. The van der Waals surface area contributed by atoms with Crippen LogP contribution in [0.4, 0.5) is 19.0 Å².